The molecule has 3 aromatic rings. The summed E-state index contributed by atoms with van der Waals surface area (Å²) in [7, 11) is 1.86. The second-order valence-electron chi connectivity index (χ2n) is 12.9. The smallest absolute Gasteiger partial charge is 0.265 e. The van der Waals surface area contributed by atoms with E-state index in [1.165, 1.54) is 11.3 Å². The number of carbonyl (C=O) groups is 3. The summed E-state index contributed by atoms with van der Waals surface area (Å²) in [6, 6.07) is 2.24. The summed E-state index contributed by atoms with van der Waals surface area (Å²) in [5.41, 5.74) is 2.49. The van der Waals surface area contributed by atoms with Crippen LogP contribution in [0.25, 0.3) is 11.3 Å². The lowest BCUT2D eigenvalue weighted by atomic mass is 9.91. The van der Waals surface area contributed by atoms with Crippen molar-refractivity contribution in [3.05, 3.63) is 45.0 Å². The van der Waals surface area contributed by atoms with E-state index < -0.39 is 6.04 Å². The first-order valence-electron chi connectivity index (χ1n) is 17.6. The zero-order valence-corrected chi connectivity index (χ0v) is 30.4. The number of hydrogen-bond donors (Lipinski definition) is 4. The Labute approximate surface area is 306 Å². The molecule has 51 heavy (non-hydrogen) atoms. The third-order valence-corrected chi connectivity index (χ3v) is 10.6. The second kappa shape index (κ2) is 18.3. The van der Waals surface area contributed by atoms with Crippen LogP contribution < -0.4 is 21.3 Å². The molecule has 15 nitrogen and oxygen atoms in total. The number of hydrogen-bond acceptors (Lipinski definition) is 13. The van der Waals surface area contributed by atoms with Crippen molar-refractivity contribution in [1.29, 1.82) is 0 Å². The maximum atomic E-state index is 12.9. The average molecular weight is 744 g/mol. The molecule has 276 valence electrons. The van der Waals surface area contributed by atoms with Crippen molar-refractivity contribution < 1.29 is 28.6 Å². The van der Waals surface area contributed by atoms with Gasteiger partial charge in [0.05, 0.1) is 67.6 Å². The summed E-state index contributed by atoms with van der Waals surface area (Å²) in [5, 5.41) is 17.5. The number of imide groups is 1. The molecule has 3 aliphatic rings. The van der Waals surface area contributed by atoms with E-state index in [1.54, 1.807) is 22.0 Å². The van der Waals surface area contributed by atoms with Gasteiger partial charge in [-0.1, -0.05) is 11.6 Å². The Bertz CT molecular complexity index is 1650. The minimum absolute atomic E-state index is 0.132. The highest BCUT2D eigenvalue weighted by Gasteiger charge is 2.40. The van der Waals surface area contributed by atoms with Crippen LogP contribution >= 0.6 is 22.9 Å². The van der Waals surface area contributed by atoms with Gasteiger partial charge < -0.3 is 35.1 Å². The van der Waals surface area contributed by atoms with Gasteiger partial charge in [-0.15, -0.1) is 11.3 Å². The Balaban J connectivity index is 0.730. The average Bonchev–Trinajstić information content (AvgIpc) is 3.82. The SMILES string of the molecule is Cn1cc(-c2nc(N[C@H]3CC[C@H](NCCOCCOCCOCCNCc4cc5c(s4)C(=O)N(C4CCC(=O)NC4=O)C5)CC3)ncc2Cl)cn1. The van der Waals surface area contributed by atoms with E-state index in [-0.39, 0.29) is 24.1 Å². The first-order chi connectivity index (χ1) is 24.8. The molecule has 1 aliphatic carbocycles. The number of piperidine rings is 1. The molecule has 1 atom stereocenters. The van der Waals surface area contributed by atoms with Crippen LogP contribution in [0.15, 0.2) is 24.7 Å². The fourth-order valence-electron chi connectivity index (χ4n) is 6.53. The van der Waals surface area contributed by atoms with Gasteiger partial charge >= 0.3 is 0 Å². The number of anilines is 1. The van der Waals surface area contributed by atoms with E-state index in [0.717, 1.165) is 48.2 Å². The topological polar surface area (TPSA) is 174 Å². The van der Waals surface area contributed by atoms with E-state index in [0.29, 0.717) is 99.3 Å². The van der Waals surface area contributed by atoms with Crippen molar-refractivity contribution in [3.8, 4) is 11.3 Å². The maximum Gasteiger partial charge on any atom is 0.265 e. The summed E-state index contributed by atoms with van der Waals surface area (Å²) in [6.07, 6.45) is 10.1. The molecule has 1 saturated heterocycles. The van der Waals surface area contributed by atoms with Gasteiger partial charge in [0.1, 0.15) is 6.04 Å². The van der Waals surface area contributed by atoms with Crippen LogP contribution in [0.2, 0.25) is 5.02 Å². The highest BCUT2D eigenvalue weighted by Crippen LogP contribution is 2.33. The monoisotopic (exact) mass is 743 g/mol. The molecule has 1 unspecified atom stereocenters. The summed E-state index contributed by atoms with van der Waals surface area (Å²) in [6.45, 7) is 5.80. The molecule has 5 heterocycles. The fourth-order valence-corrected chi connectivity index (χ4v) is 7.83. The molecule has 2 aliphatic heterocycles. The van der Waals surface area contributed by atoms with Gasteiger partial charge in [-0.25, -0.2) is 9.97 Å². The van der Waals surface area contributed by atoms with E-state index in [9.17, 15) is 14.4 Å². The lowest BCUT2D eigenvalue weighted by Crippen LogP contribution is -2.52. The predicted octanol–water partition coefficient (Wildman–Crippen LogP) is 2.51. The summed E-state index contributed by atoms with van der Waals surface area (Å²) in [4.78, 5) is 48.8. The third kappa shape index (κ3) is 10.3. The molecule has 17 heteroatoms. The highest BCUT2D eigenvalue weighted by atomic mass is 35.5. The zero-order valence-electron chi connectivity index (χ0n) is 28.8. The molecule has 0 spiro atoms. The number of aryl methyl sites for hydroxylation is 1. The minimum Gasteiger partial charge on any atom is -0.378 e. The van der Waals surface area contributed by atoms with Gasteiger partial charge in [-0.05, 0) is 43.7 Å². The number of nitrogens with zero attached hydrogens (tertiary/aromatic N) is 5. The minimum atomic E-state index is -0.578. The van der Waals surface area contributed by atoms with Crippen LogP contribution in [-0.2, 0) is 43.9 Å². The number of ether oxygens (including phenoxy) is 3. The molecule has 1 saturated carbocycles. The molecular weight excluding hydrogens is 698 g/mol. The molecule has 3 aromatic heterocycles. The van der Waals surface area contributed by atoms with Gasteiger partial charge in [0.25, 0.3) is 5.91 Å². The van der Waals surface area contributed by atoms with Crippen molar-refractivity contribution in [2.24, 2.45) is 7.05 Å². The molecule has 0 radical (unpaired) electrons. The maximum absolute atomic E-state index is 12.9. The third-order valence-electron chi connectivity index (χ3n) is 9.17. The van der Waals surface area contributed by atoms with Crippen molar-refractivity contribution in [3.63, 3.8) is 0 Å². The summed E-state index contributed by atoms with van der Waals surface area (Å²) < 4.78 is 18.7. The van der Waals surface area contributed by atoms with Crippen LogP contribution in [0.5, 0.6) is 0 Å². The number of carbonyl (C=O) groups excluding carboxylic acids is 3. The Morgan fingerprint density at radius 2 is 1.69 bits per heavy atom. The Kier molecular flexibility index (Phi) is 13.4. The van der Waals surface area contributed by atoms with Gasteiger partial charge in [-0.3, -0.25) is 24.4 Å². The molecule has 0 bridgehead atoms. The Morgan fingerprint density at radius 1 is 0.961 bits per heavy atom. The second-order valence-corrected chi connectivity index (χ2v) is 14.5. The Hall–Kier alpha value is -3.51. The Morgan fingerprint density at radius 3 is 2.39 bits per heavy atom. The quantitative estimate of drug-likeness (QED) is 0.105. The number of aromatic nitrogens is 4. The molecular formula is C34H46ClN9O6S. The summed E-state index contributed by atoms with van der Waals surface area (Å²) >= 11 is 7.79. The normalized spacial score (nSPS) is 20.5. The zero-order chi connectivity index (χ0) is 35.6. The van der Waals surface area contributed by atoms with E-state index in [4.69, 9.17) is 25.8 Å². The van der Waals surface area contributed by atoms with Crippen LogP contribution in [0, 0.1) is 0 Å². The van der Waals surface area contributed by atoms with Gasteiger partial charge in [0.15, 0.2) is 0 Å². The van der Waals surface area contributed by atoms with Gasteiger partial charge in [0, 0.05) is 68.4 Å². The fraction of sp³-hybridized carbons (Fsp3) is 0.588. The van der Waals surface area contributed by atoms with E-state index in [1.807, 2.05) is 19.3 Å². The van der Waals surface area contributed by atoms with Crippen LogP contribution in [0.4, 0.5) is 5.95 Å². The predicted molar refractivity (Wildman–Crippen MR) is 191 cm³/mol. The molecule has 6 rings (SSSR count). The van der Waals surface area contributed by atoms with Gasteiger partial charge in [0.2, 0.25) is 17.8 Å². The van der Waals surface area contributed by atoms with Crippen LogP contribution in [0.1, 0.15) is 58.6 Å². The number of amides is 3. The van der Waals surface area contributed by atoms with Crippen LogP contribution in [-0.4, -0.2) is 113 Å². The number of nitrogens with one attached hydrogen (secondary N) is 4. The lowest BCUT2D eigenvalue weighted by molar-refractivity contribution is -0.136. The standard InChI is InChI=1S/C34H46ClN9O6S/c1-43-20-23(17-39-43)30-27(35)19-38-34(42-30)40-25-4-2-24(3-5-25)37-9-11-49-13-15-50-14-12-48-10-8-36-18-26-16-22-21-44(33(47)31(22)51-26)28-6-7-29(45)41-32(28)46/h16-17,19-20,24-25,28,36-37H,2-15,18,21H2,1H3,(H,38,40,42)(H,41,45,46)/t24-,25-,28?. The van der Waals surface area contributed by atoms with Crippen LogP contribution in [0.3, 0.4) is 0 Å². The van der Waals surface area contributed by atoms with Crippen molar-refractivity contribution in [2.45, 2.75) is 69.7 Å². The molecule has 4 N–H and O–H groups in total. The van der Waals surface area contributed by atoms with E-state index >= 15 is 0 Å². The molecule has 3 amide bonds. The highest BCUT2D eigenvalue weighted by molar-refractivity contribution is 7.14. The first-order valence-corrected chi connectivity index (χ1v) is 18.7. The lowest BCUT2D eigenvalue weighted by Gasteiger charge is -2.29. The molecule has 2 fully saturated rings. The number of fused-ring (bicyclic) bond motifs is 1. The van der Waals surface area contributed by atoms with Crippen molar-refractivity contribution >= 4 is 46.6 Å². The molecule has 0 aromatic carbocycles. The summed E-state index contributed by atoms with van der Waals surface area (Å²) in [5.74, 6) is -0.211. The van der Waals surface area contributed by atoms with Crippen molar-refractivity contribution in [1.82, 2.24) is 40.6 Å². The van der Waals surface area contributed by atoms with Gasteiger partial charge in [-0.2, -0.15) is 5.10 Å². The van der Waals surface area contributed by atoms with E-state index in [2.05, 4.69) is 36.3 Å². The number of rotatable bonds is 19. The largest absolute Gasteiger partial charge is 0.378 e. The van der Waals surface area contributed by atoms with Crippen molar-refractivity contribution in [2.75, 3.05) is 58.0 Å². The number of halogens is 1. The number of thiophene rings is 1. The first kappa shape index (κ1) is 37.3.